The predicted octanol–water partition coefficient (Wildman–Crippen LogP) is 0.636. The van der Waals surface area contributed by atoms with Gasteiger partial charge in [0.2, 0.25) is 5.91 Å². The maximum absolute atomic E-state index is 11.6. The average Bonchev–Trinajstić information content (AvgIpc) is 2.31. The molecule has 0 spiro atoms. The summed E-state index contributed by atoms with van der Waals surface area (Å²) >= 11 is 0. The summed E-state index contributed by atoms with van der Waals surface area (Å²) in [5, 5.41) is 0. The van der Waals surface area contributed by atoms with E-state index in [1.54, 1.807) is 18.1 Å². The second-order valence-electron chi connectivity index (χ2n) is 3.98. The maximum Gasteiger partial charge on any atom is 0.248 e. The molecule has 1 aromatic rings. The molecule has 1 aliphatic heterocycles. The first kappa shape index (κ1) is 11.7. The van der Waals surface area contributed by atoms with Crippen LogP contribution in [0.15, 0.2) is 18.2 Å². The number of hydrogen-bond acceptors (Lipinski definition) is 4. The minimum Gasteiger partial charge on any atom is -0.497 e. The smallest absolute Gasteiger partial charge is 0.248 e. The van der Waals surface area contributed by atoms with Crippen molar-refractivity contribution >= 4 is 11.6 Å². The van der Waals surface area contributed by atoms with Crippen LogP contribution in [0.5, 0.6) is 5.75 Å². The van der Waals surface area contributed by atoms with Gasteiger partial charge in [0.05, 0.1) is 13.7 Å². The number of nitrogen functional groups attached to an aromatic ring is 1. The molecule has 0 unspecified atom stereocenters. The first-order valence-corrected chi connectivity index (χ1v) is 5.48. The van der Waals surface area contributed by atoms with Gasteiger partial charge in [0.15, 0.2) is 0 Å². The Kier molecular flexibility index (Phi) is 3.49. The zero-order chi connectivity index (χ0) is 12.3. The third-order valence-corrected chi connectivity index (χ3v) is 2.68. The van der Waals surface area contributed by atoms with E-state index in [0.717, 1.165) is 5.56 Å². The van der Waals surface area contributed by atoms with Gasteiger partial charge in [-0.15, -0.1) is 0 Å². The van der Waals surface area contributed by atoms with Crippen LogP contribution < -0.4 is 10.5 Å². The minimum atomic E-state index is 0.0117. The van der Waals surface area contributed by atoms with E-state index >= 15 is 0 Å². The van der Waals surface area contributed by atoms with Crippen LogP contribution in [0.4, 0.5) is 5.69 Å². The lowest BCUT2D eigenvalue weighted by Crippen LogP contribution is -2.40. The third-order valence-electron chi connectivity index (χ3n) is 2.68. The summed E-state index contributed by atoms with van der Waals surface area (Å²) in [6.45, 7) is 1.92. The van der Waals surface area contributed by atoms with Crippen LogP contribution in [0.25, 0.3) is 0 Å². The number of carbonyl (C=O) groups excluding carboxylic acids is 1. The molecule has 1 saturated heterocycles. The highest BCUT2D eigenvalue weighted by atomic mass is 16.5. The van der Waals surface area contributed by atoms with Gasteiger partial charge in [-0.25, -0.2) is 0 Å². The van der Waals surface area contributed by atoms with Gasteiger partial charge < -0.3 is 20.1 Å². The Balaban J connectivity index is 2.11. The highest BCUT2D eigenvalue weighted by Crippen LogP contribution is 2.20. The number of carbonyl (C=O) groups is 1. The second-order valence-corrected chi connectivity index (χ2v) is 3.98. The van der Waals surface area contributed by atoms with E-state index in [1.165, 1.54) is 0 Å². The van der Waals surface area contributed by atoms with E-state index < -0.39 is 0 Å². The topological polar surface area (TPSA) is 64.8 Å². The highest BCUT2D eigenvalue weighted by Gasteiger charge is 2.18. The number of methoxy groups -OCH3 is 1. The molecule has 1 amide bonds. The summed E-state index contributed by atoms with van der Waals surface area (Å²) in [5.41, 5.74) is 7.38. The largest absolute Gasteiger partial charge is 0.497 e. The van der Waals surface area contributed by atoms with Crippen LogP contribution in [0.2, 0.25) is 0 Å². The number of hydrogen-bond donors (Lipinski definition) is 1. The number of nitrogens with two attached hydrogens (primary N) is 1. The van der Waals surface area contributed by atoms with Crippen LogP contribution in [0.3, 0.4) is 0 Å². The van der Waals surface area contributed by atoms with Crippen molar-refractivity contribution in [3.8, 4) is 5.75 Å². The SMILES string of the molecule is COc1cc(N)cc(CN2CCOCC2=O)c1. The zero-order valence-corrected chi connectivity index (χ0v) is 9.81. The molecule has 1 fully saturated rings. The van der Waals surface area contributed by atoms with Crippen molar-refractivity contribution in [3.63, 3.8) is 0 Å². The molecule has 2 N–H and O–H groups in total. The monoisotopic (exact) mass is 236 g/mol. The Labute approximate surface area is 100 Å². The summed E-state index contributed by atoms with van der Waals surface area (Å²) in [6.07, 6.45) is 0. The lowest BCUT2D eigenvalue weighted by Gasteiger charge is -2.27. The van der Waals surface area contributed by atoms with E-state index in [9.17, 15) is 4.79 Å². The number of rotatable bonds is 3. The third kappa shape index (κ3) is 2.88. The summed E-state index contributed by atoms with van der Waals surface area (Å²) in [4.78, 5) is 13.3. The molecule has 1 aromatic carbocycles. The molecule has 0 bridgehead atoms. The molecule has 2 rings (SSSR count). The van der Waals surface area contributed by atoms with Crippen molar-refractivity contribution in [3.05, 3.63) is 23.8 Å². The minimum absolute atomic E-state index is 0.0117. The van der Waals surface area contributed by atoms with Crippen molar-refractivity contribution in [1.29, 1.82) is 0 Å². The van der Waals surface area contributed by atoms with Crippen LogP contribution in [0, 0.1) is 0 Å². The molecule has 0 saturated carbocycles. The molecular formula is C12H16N2O3. The Bertz CT molecular complexity index is 420. The Morgan fingerprint density at radius 1 is 1.47 bits per heavy atom. The van der Waals surface area contributed by atoms with Gasteiger partial charge in [-0.2, -0.15) is 0 Å². The van der Waals surface area contributed by atoms with E-state index in [-0.39, 0.29) is 12.5 Å². The van der Waals surface area contributed by atoms with Gasteiger partial charge in [0.25, 0.3) is 0 Å². The fourth-order valence-corrected chi connectivity index (χ4v) is 1.83. The average molecular weight is 236 g/mol. The van der Waals surface area contributed by atoms with E-state index in [0.29, 0.717) is 31.1 Å². The van der Waals surface area contributed by atoms with Crippen molar-refractivity contribution in [2.75, 3.05) is 32.6 Å². The van der Waals surface area contributed by atoms with Crippen molar-refractivity contribution in [2.45, 2.75) is 6.54 Å². The molecule has 1 aliphatic rings. The summed E-state index contributed by atoms with van der Waals surface area (Å²) < 4.78 is 10.2. The van der Waals surface area contributed by atoms with Gasteiger partial charge >= 0.3 is 0 Å². The van der Waals surface area contributed by atoms with Crippen molar-refractivity contribution in [2.24, 2.45) is 0 Å². The normalized spacial score (nSPS) is 16.1. The molecule has 0 aromatic heterocycles. The van der Waals surface area contributed by atoms with E-state index in [4.69, 9.17) is 15.2 Å². The van der Waals surface area contributed by atoms with Gasteiger partial charge in [0, 0.05) is 24.8 Å². The Morgan fingerprint density at radius 2 is 2.29 bits per heavy atom. The fraction of sp³-hybridized carbons (Fsp3) is 0.417. The number of ether oxygens (including phenoxy) is 2. The van der Waals surface area contributed by atoms with Gasteiger partial charge in [-0.1, -0.05) is 0 Å². The first-order valence-electron chi connectivity index (χ1n) is 5.48. The van der Waals surface area contributed by atoms with Crippen molar-refractivity contribution in [1.82, 2.24) is 4.90 Å². The van der Waals surface area contributed by atoms with E-state index in [2.05, 4.69) is 0 Å². The van der Waals surface area contributed by atoms with Gasteiger partial charge in [-0.3, -0.25) is 4.79 Å². The number of amides is 1. The summed E-state index contributed by atoms with van der Waals surface area (Å²) in [7, 11) is 1.60. The first-order chi connectivity index (χ1) is 8.19. The Hall–Kier alpha value is -1.75. The van der Waals surface area contributed by atoms with E-state index in [1.807, 2.05) is 12.1 Å². The molecule has 0 aliphatic carbocycles. The molecule has 17 heavy (non-hydrogen) atoms. The predicted molar refractivity (Wildman–Crippen MR) is 63.6 cm³/mol. The maximum atomic E-state index is 11.6. The number of anilines is 1. The fourth-order valence-electron chi connectivity index (χ4n) is 1.83. The second kappa shape index (κ2) is 5.05. The zero-order valence-electron chi connectivity index (χ0n) is 9.81. The number of nitrogens with zero attached hydrogens (tertiary/aromatic N) is 1. The number of morpholine rings is 1. The lowest BCUT2D eigenvalue weighted by atomic mass is 10.1. The lowest BCUT2D eigenvalue weighted by molar-refractivity contribution is -0.143. The molecular weight excluding hydrogens is 220 g/mol. The van der Waals surface area contributed by atoms with Gasteiger partial charge in [-0.05, 0) is 17.7 Å². The van der Waals surface area contributed by atoms with Crippen LogP contribution in [0.1, 0.15) is 5.56 Å². The number of benzene rings is 1. The summed E-state index contributed by atoms with van der Waals surface area (Å²) in [6, 6.07) is 5.50. The molecule has 92 valence electrons. The quantitative estimate of drug-likeness (QED) is 0.782. The molecule has 0 atom stereocenters. The molecule has 0 radical (unpaired) electrons. The van der Waals surface area contributed by atoms with Crippen LogP contribution in [-0.2, 0) is 16.1 Å². The van der Waals surface area contributed by atoms with Gasteiger partial charge in [0.1, 0.15) is 12.4 Å². The molecule has 1 heterocycles. The van der Waals surface area contributed by atoms with Crippen LogP contribution in [-0.4, -0.2) is 37.7 Å². The Morgan fingerprint density at radius 3 is 3.00 bits per heavy atom. The molecule has 5 heteroatoms. The standard InChI is InChI=1S/C12H16N2O3/c1-16-11-5-9(4-10(13)6-11)7-14-2-3-17-8-12(14)15/h4-6H,2-3,7-8,13H2,1H3. The van der Waals surface area contributed by atoms with Crippen molar-refractivity contribution < 1.29 is 14.3 Å². The van der Waals surface area contributed by atoms with Crippen LogP contribution >= 0.6 is 0 Å². The highest BCUT2D eigenvalue weighted by molar-refractivity contribution is 5.78. The molecule has 5 nitrogen and oxygen atoms in total. The summed E-state index contributed by atoms with van der Waals surface area (Å²) in [5.74, 6) is 0.721.